The zero-order valence-corrected chi connectivity index (χ0v) is 14.3. The molecule has 0 radical (unpaired) electrons. The second kappa shape index (κ2) is 9.20. The average molecular weight is 372 g/mol. The molecule has 1 amide bonds. The van der Waals surface area contributed by atoms with Gasteiger partial charge in [0.15, 0.2) is 11.4 Å². The third-order valence-corrected chi connectivity index (χ3v) is 3.68. The molecule has 1 aliphatic rings. The van der Waals surface area contributed by atoms with Gasteiger partial charge in [-0.25, -0.2) is 13.8 Å². The Morgan fingerprint density at radius 1 is 1.52 bits per heavy atom. The Morgan fingerprint density at radius 3 is 2.78 bits per heavy atom. The predicted octanol–water partition coefficient (Wildman–Crippen LogP) is 2.38. The molecule has 1 aromatic rings. The fourth-order valence-electron chi connectivity index (χ4n) is 2.33. The number of hydrogen-bond acceptors (Lipinski definition) is 4. The van der Waals surface area contributed by atoms with Crippen molar-refractivity contribution >= 4 is 30.7 Å². The van der Waals surface area contributed by atoms with Gasteiger partial charge in [-0.05, 0) is 30.5 Å². The van der Waals surface area contributed by atoms with Gasteiger partial charge < -0.3 is 15.4 Å². The highest BCUT2D eigenvalue weighted by Gasteiger charge is 2.36. The lowest BCUT2D eigenvalue weighted by molar-refractivity contribution is 0.0720. The van der Waals surface area contributed by atoms with E-state index in [1.54, 1.807) is 11.0 Å². The van der Waals surface area contributed by atoms with Gasteiger partial charge in [0.25, 0.3) is 12.3 Å². The summed E-state index contributed by atoms with van der Waals surface area (Å²) in [5, 5.41) is 0. The molecule has 1 saturated heterocycles. The van der Waals surface area contributed by atoms with Crippen LogP contribution in [0, 0.1) is 5.41 Å². The normalized spacial score (nSPS) is 20.0. The molecule has 1 atom stereocenters. The Morgan fingerprint density at radius 2 is 2.22 bits per heavy atom. The maximum Gasteiger partial charge on any atom is 0.276 e. The summed E-state index contributed by atoms with van der Waals surface area (Å²) in [4.78, 5) is 18.1. The van der Waals surface area contributed by atoms with Crippen LogP contribution in [-0.2, 0) is 0 Å². The van der Waals surface area contributed by atoms with Crippen molar-refractivity contribution in [2.24, 2.45) is 11.1 Å². The van der Waals surface area contributed by atoms with E-state index in [1.807, 2.05) is 6.92 Å². The molecule has 0 aliphatic carbocycles. The SMILES string of the molecule is CC1(CN)CCN(C(=O)c2ncccc2OCC(F)F)C1.Cl.Cl. The van der Waals surface area contributed by atoms with E-state index in [0.717, 1.165) is 6.42 Å². The van der Waals surface area contributed by atoms with E-state index in [9.17, 15) is 13.6 Å². The van der Waals surface area contributed by atoms with Crippen molar-refractivity contribution in [3.8, 4) is 5.75 Å². The molecule has 0 saturated carbocycles. The first-order chi connectivity index (χ1) is 9.95. The lowest BCUT2D eigenvalue weighted by Crippen LogP contribution is -2.35. The van der Waals surface area contributed by atoms with Gasteiger partial charge in [-0.15, -0.1) is 24.8 Å². The lowest BCUT2D eigenvalue weighted by atomic mass is 9.90. The first-order valence-electron chi connectivity index (χ1n) is 6.80. The summed E-state index contributed by atoms with van der Waals surface area (Å²) in [5.74, 6) is -0.221. The number of ether oxygens (including phenoxy) is 1. The van der Waals surface area contributed by atoms with Crippen LogP contribution in [0.15, 0.2) is 18.3 Å². The Kier molecular flexibility index (Phi) is 8.73. The van der Waals surface area contributed by atoms with Crippen molar-refractivity contribution in [2.45, 2.75) is 19.8 Å². The van der Waals surface area contributed by atoms with Crippen molar-refractivity contribution < 1.29 is 18.3 Å². The minimum Gasteiger partial charge on any atom is -0.485 e. The molecule has 0 aromatic carbocycles. The van der Waals surface area contributed by atoms with Gasteiger partial charge in [-0.2, -0.15) is 0 Å². The van der Waals surface area contributed by atoms with Crippen molar-refractivity contribution in [3.63, 3.8) is 0 Å². The Hall–Kier alpha value is -1.18. The molecule has 0 bridgehead atoms. The summed E-state index contributed by atoms with van der Waals surface area (Å²) >= 11 is 0. The van der Waals surface area contributed by atoms with Gasteiger partial charge >= 0.3 is 0 Å². The minimum absolute atomic E-state index is 0. The number of aromatic nitrogens is 1. The smallest absolute Gasteiger partial charge is 0.276 e. The molecule has 1 aliphatic heterocycles. The van der Waals surface area contributed by atoms with E-state index in [1.165, 1.54) is 12.3 Å². The molecule has 1 unspecified atom stereocenters. The third kappa shape index (κ3) is 5.44. The highest BCUT2D eigenvalue weighted by molar-refractivity contribution is 5.95. The van der Waals surface area contributed by atoms with Crippen LogP contribution in [-0.4, -0.2) is 48.5 Å². The van der Waals surface area contributed by atoms with Crippen LogP contribution in [0.5, 0.6) is 5.75 Å². The van der Waals surface area contributed by atoms with Crippen LogP contribution in [0.1, 0.15) is 23.8 Å². The van der Waals surface area contributed by atoms with Gasteiger partial charge in [0, 0.05) is 19.3 Å². The molecule has 1 fully saturated rings. The van der Waals surface area contributed by atoms with Gasteiger partial charge in [0.05, 0.1) is 0 Å². The number of carbonyl (C=O) groups is 1. The first-order valence-corrected chi connectivity index (χ1v) is 6.80. The van der Waals surface area contributed by atoms with Crippen molar-refractivity contribution in [2.75, 3.05) is 26.2 Å². The van der Waals surface area contributed by atoms with E-state index in [-0.39, 0.29) is 47.6 Å². The predicted molar refractivity (Wildman–Crippen MR) is 87.9 cm³/mol. The van der Waals surface area contributed by atoms with Crippen molar-refractivity contribution in [3.05, 3.63) is 24.0 Å². The second-order valence-electron chi connectivity index (χ2n) is 5.54. The number of alkyl halides is 2. The van der Waals surface area contributed by atoms with Crippen molar-refractivity contribution in [1.82, 2.24) is 9.88 Å². The van der Waals surface area contributed by atoms with E-state index in [2.05, 4.69) is 4.98 Å². The summed E-state index contributed by atoms with van der Waals surface area (Å²) < 4.78 is 29.5. The van der Waals surface area contributed by atoms with Crippen LogP contribution in [0.2, 0.25) is 0 Å². The zero-order chi connectivity index (χ0) is 15.5. The van der Waals surface area contributed by atoms with Gasteiger partial charge in [0.2, 0.25) is 0 Å². The standard InChI is InChI=1S/C14H19F2N3O2.2ClH/c1-14(8-17)4-6-19(9-14)13(20)12-10(3-2-5-18-12)21-7-11(15)16;;/h2-3,5,11H,4,6-9,17H2,1H3;2*1H. The largest absolute Gasteiger partial charge is 0.485 e. The molecule has 2 heterocycles. The monoisotopic (exact) mass is 371 g/mol. The van der Waals surface area contributed by atoms with E-state index in [0.29, 0.717) is 19.6 Å². The molecule has 2 rings (SSSR count). The lowest BCUT2D eigenvalue weighted by Gasteiger charge is -2.22. The fraction of sp³-hybridized carbons (Fsp3) is 0.571. The fourth-order valence-corrected chi connectivity index (χ4v) is 2.33. The maximum absolute atomic E-state index is 12.5. The number of rotatable bonds is 5. The number of pyridine rings is 1. The van der Waals surface area contributed by atoms with Gasteiger partial charge in [0.1, 0.15) is 6.61 Å². The molecule has 1 aromatic heterocycles. The Balaban J connectivity index is 0.00000242. The maximum atomic E-state index is 12.5. The van der Waals surface area contributed by atoms with E-state index >= 15 is 0 Å². The Bertz CT molecular complexity index is 523. The number of carbonyl (C=O) groups excluding carboxylic acids is 1. The average Bonchev–Trinajstić information content (AvgIpc) is 2.88. The summed E-state index contributed by atoms with van der Waals surface area (Å²) in [6.45, 7) is 2.87. The number of halogens is 4. The number of amides is 1. The quantitative estimate of drug-likeness (QED) is 0.862. The molecule has 5 nitrogen and oxygen atoms in total. The minimum atomic E-state index is -2.60. The van der Waals surface area contributed by atoms with E-state index in [4.69, 9.17) is 10.5 Å². The number of nitrogens with two attached hydrogens (primary N) is 1. The summed E-state index contributed by atoms with van der Waals surface area (Å²) in [7, 11) is 0. The highest BCUT2D eigenvalue weighted by atomic mass is 35.5. The first kappa shape index (κ1) is 21.8. The summed E-state index contributed by atoms with van der Waals surface area (Å²) in [5.41, 5.74) is 5.68. The molecular weight excluding hydrogens is 351 g/mol. The molecule has 9 heteroatoms. The van der Waals surface area contributed by atoms with Crippen LogP contribution < -0.4 is 10.5 Å². The number of likely N-dealkylation sites (tertiary alicyclic amines) is 1. The van der Waals surface area contributed by atoms with Crippen molar-refractivity contribution in [1.29, 1.82) is 0 Å². The Labute approximate surface area is 146 Å². The van der Waals surface area contributed by atoms with Crippen LogP contribution >= 0.6 is 24.8 Å². The molecule has 2 N–H and O–H groups in total. The van der Waals surface area contributed by atoms with Crippen LogP contribution in [0.4, 0.5) is 8.78 Å². The van der Waals surface area contributed by atoms with Crippen LogP contribution in [0.3, 0.4) is 0 Å². The molecular formula is C14H21Cl2F2N3O2. The molecule has 0 spiro atoms. The molecule has 23 heavy (non-hydrogen) atoms. The number of hydrogen-bond donors (Lipinski definition) is 1. The van der Waals surface area contributed by atoms with Crippen LogP contribution in [0.25, 0.3) is 0 Å². The highest BCUT2D eigenvalue weighted by Crippen LogP contribution is 2.30. The molecule has 132 valence electrons. The second-order valence-corrected chi connectivity index (χ2v) is 5.54. The topological polar surface area (TPSA) is 68.5 Å². The summed E-state index contributed by atoms with van der Waals surface area (Å²) in [6, 6.07) is 3.02. The van der Waals surface area contributed by atoms with Gasteiger partial charge in [-0.3, -0.25) is 4.79 Å². The van der Waals surface area contributed by atoms with E-state index < -0.39 is 13.0 Å². The number of nitrogens with zero attached hydrogens (tertiary/aromatic N) is 2. The summed E-state index contributed by atoms with van der Waals surface area (Å²) in [6.07, 6.45) is -0.337. The third-order valence-electron chi connectivity index (χ3n) is 3.68. The zero-order valence-electron chi connectivity index (χ0n) is 12.7. The van der Waals surface area contributed by atoms with Gasteiger partial charge in [-0.1, -0.05) is 6.92 Å².